The minimum absolute atomic E-state index is 0.0141. The Hall–Kier alpha value is -4.15. The van der Waals surface area contributed by atoms with Gasteiger partial charge in [-0.15, -0.1) is 0 Å². The predicted molar refractivity (Wildman–Crippen MR) is 152 cm³/mol. The number of sulfonamides is 2. The van der Waals surface area contributed by atoms with Gasteiger partial charge in [-0.25, -0.2) is 34.7 Å². The molecule has 0 radical (unpaired) electrons. The summed E-state index contributed by atoms with van der Waals surface area (Å²) in [7, 11) is -12.0. The van der Waals surface area contributed by atoms with Crippen molar-refractivity contribution in [2.75, 3.05) is 13.6 Å². The van der Waals surface area contributed by atoms with Gasteiger partial charge >= 0.3 is 0 Å². The highest BCUT2D eigenvalue weighted by Crippen LogP contribution is 2.33. The Morgan fingerprint density at radius 3 is 1.21 bits per heavy atom. The van der Waals surface area contributed by atoms with Crippen LogP contribution in [0.3, 0.4) is 0 Å². The molecule has 4 aromatic carbocycles. The zero-order valence-corrected chi connectivity index (χ0v) is 24.7. The first kappa shape index (κ1) is 28.9. The first-order valence-electron chi connectivity index (χ1n) is 12.7. The molecule has 0 aromatic heterocycles. The zero-order valence-electron chi connectivity index (χ0n) is 22.2. The number of hydrogen-bond acceptors (Lipinski definition) is 10. The van der Waals surface area contributed by atoms with Crippen LogP contribution < -0.4 is 28.4 Å². The van der Waals surface area contributed by atoms with Crippen molar-refractivity contribution in [1.82, 2.24) is 9.44 Å². The average Bonchev–Trinajstić information content (AvgIpc) is 3.68. The van der Waals surface area contributed by atoms with Crippen LogP contribution in [0.2, 0.25) is 0 Å². The van der Waals surface area contributed by atoms with Crippen molar-refractivity contribution in [2.45, 2.75) is 32.7 Å². The summed E-state index contributed by atoms with van der Waals surface area (Å²) in [6.07, 6.45) is 0. The lowest BCUT2D eigenvalue weighted by atomic mass is 10.2. The van der Waals surface area contributed by atoms with E-state index >= 15 is 0 Å². The molecule has 12 nitrogen and oxygen atoms in total. The fraction of sp³-hybridized carbons (Fsp3) is 0.143. The molecule has 6 rings (SSSR count). The van der Waals surface area contributed by atoms with Crippen molar-refractivity contribution in [3.8, 4) is 23.0 Å². The number of fused-ring (bicyclic) bond motifs is 2. The van der Waals surface area contributed by atoms with Gasteiger partial charge in [0, 0.05) is 13.1 Å². The zero-order chi connectivity index (χ0) is 30.2. The Balaban J connectivity index is 1.11. The lowest BCUT2D eigenvalue weighted by Gasteiger charge is -2.10. The molecule has 0 fully saturated rings. The largest absolute Gasteiger partial charge is 0.454 e. The highest BCUT2D eigenvalue weighted by Gasteiger charge is 2.23. The summed E-state index contributed by atoms with van der Waals surface area (Å²) in [5.74, 6) is 2.20. The van der Waals surface area contributed by atoms with E-state index in [9.17, 15) is 25.3 Å². The van der Waals surface area contributed by atoms with Gasteiger partial charge in [0.05, 0.1) is 19.6 Å². The normalized spacial score (nSPS) is 14.1. The Morgan fingerprint density at radius 2 is 0.814 bits per heavy atom. The van der Waals surface area contributed by atoms with Gasteiger partial charge in [0.25, 0.3) is 0 Å². The molecular weight excluding hydrogens is 621 g/mol. The number of rotatable bonds is 10. The summed E-state index contributed by atoms with van der Waals surface area (Å²) in [5, 5.41) is 0. The molecule has 0 bridgehead atoms. The Morgan fingerprint density at radius 1 is 0.465 bits per heavy atom. The molecule has 2 aliphatic rings. The van der Waals surface area contributed by atoms with Crippen LogP contribution in [0.4, 0.5) is 0 Å². The van der Waals surface area contributed by atoms with E-state index < -0.39 is 29.9 Å². The number of hydrogen-bond donors (Lipinski definition) is 2. The number of nitrogens with one attached hydrogen (secondary N) is 2. The molecule has 2 N–H and O–H groups in total. The van der Waals surface area contributed by atoms with Crippen LogP contribution in [0.25, 0.3) is 0 Å². The van der Waals surface area contributed by atoms with Crippen molar-refractivity contribution >= 4 is 29.9 Å². The third-order valence-corrected chi connectivity index (χ3v) is 11.3. The first-order chi connectivity index (χ1) is 20.5. The highest BCUT2D eigenvalue weighted by atomic mass is 32.2. The first-order valence-corrected chi connectivity index (χ1v) is 17.2. The summed E-state index contributed by atoms with van der Waals surface area (Å²) >= 11 is 0. The standard InChI is InChI=1S/C28H24N2O10S3/c31-41(32,21-3-7-23(8-4-21)42(33,34)29-15-19-1-11-25-27(13-19)39-17-37-25)22-5-9-24(10-6-22)43(35,36)30-16-20-2-12-26-28(14-20)40-18-38-26/h1-14,29-30H,15-18H2. The molecule has 0 atom stereocenters. The maximum Gasteiger partial charge on any atom is 0.240 e. The van der Waals surface area contributed by atoms with Crippen molar-refractivity contribution in [3.05, 3.63) is 96.1 Å². The topological polar surface area (TPSA) is 163 Å². The molecule has 15 heteroatoms. The van der Waals surface area contributed by atoms with E-state index in [0.717, 1.165) is 0 Å². The molecule has 0 spiro atoms. The summed E-state index contributed by atoms with van der Waals surface area (Å²) in [6.45, 7) is 0.173. The van der Waals surface area contributed by atoms with E-state index in [0.29, 0.717) is 34.1 Å². The lowest BCUT2D eigenvalue weighted by molar-refractivity contribution is 0.173. The van der Waals surface area contributed by atoms with Crippen LogP contribution >= 0.6 is 0 Å². The van der Waals surface area contributed by atoms with E-state index in [1.165, 1.54) is 48.5 Å². The van der Waals surface area contributed by atoms with Gasteiger partial charge in [0.15, 0.2) is 23.0 Å². The van der Waals surface area contributed by atoms with Gasteiger partial charge in [-0.1, -0.05) is 12.1 Å². The lowest BCUT2D eigenvalue weighted by Crippen LogP contribution is -2.23. The smallest absolute Gasteiger partial charge is 0.240 e. The fourth-order valence-electron chi connectivity index (χ4n) is 4.36. The van der Waals surface area contributed by atoms with E-state index in [1.807, 2.05) is 0 Å². The quantitative estimate of drug-likeness (QED) is 0.262. The minimum Gasteiger partial charge on any atom is -0.454 e. The molecule has 4 aromatic rings. The van der Waals surface area contributed by atoms with Crippen LogP contribution in [0.15, 0.2) is 105 Å². The van der Waals surface area contributed by atoms with Gasteiger partial charge in [0.2, 0.25) is 43.5 Å². The monoisotopic (exact) mass is 644 g/mol. The number of sulfone groups is 1. The van der Waals surface area contributed by atoms with E-state index in [4.69, 9.17) is 18.9 Å². The second-order valence-electron chi connectivity index (χ2n) is 9.47. The van der Waals surface area contributed by atoms with E-state index in [2.05, 4.69) is 9.44 Å². The van der Waals surface area contributed by atoms with Gasteiger partial charge in [-0.05, 0) is 83.9 Å². The van der Waals surface area contributed by atoms with E-state index in [1.54, 1.807) is 36.4 Å². The molecule has 2 heterocycles. The van der Waals surface area contributed by atoms with E-state index in [-0.39, 0.29) is 46.3 Å². The second kappa shape index (κ2) is 11.2. The third-order valence-electron chi connectivity index (χ3n) is 6.70. The predicted octanol–water partition coefficient (Wildman–Crippen LogP) is 2.93. The van der Waals surface area contributed by atoms with Crippen molar-refractivity contribution in [2.24, 2.45) is 0 Å². The molecule has 0 saturated heterocycles. The van der Waals surface area contributed by atoms with Crippen molar-refractivity contribution in [1.29, 1.82) is 0 Å². The molecular formula is C28H24N2O10S3. The maximum atomic E-state index is 13.2. The molecule has 2 aliphatic heterocycles. The maximum absolute atomic E-state index is 13.2. The Kier molecular flexibility index (Phi) is 7.52. The van der Waals surface area contributed by atoms with Gasteiger partial charge in [-0.2, -0.15) is 0 Å². The van der Waals surface area contributed by atoms with Gasteiger partial charge in [-0.3, -0.25) is 0 Å². The Labute approximate surface area is 248 Å². The highest BCUT2D eigenvalue weighted by molar-refractivity contribution is 7.91. The van der Waals surface area contributed by atoms with Crippen molar-refractivity contribution in [3.63, 3.8) is 0 Å². The van der Waals surface area contributed by atoms with Crippen LogP contribution in [-0.4, -0.2) is 38.8 Å². The molecule has 0 amide bonds. The Bertz CT molecular complexity index is 1870. The summed E-state index contributed by atoms with van der Waals surface area (Å²) in [6, 6.07) is 19.6. The summed E-state index contributed by atoms with van der Waals surface area (Å²) < 4.78 is 104. The number of benzene rings is 4. The summed E-state index contributed by atoms with van der Waals surface area (Å²) in [5.41, 5.74) is 1.31. The number of ether oxygens (including phenoxy) is 4. The minimum atomic E-state index is -4.07. The second-order valence-corrected chi connectivity index (χ2v) is 15.0. The third kappa shape index (κ3) is 6.03. The van der Waals surface area contributed by atoms with Crippen molar-refractivity contribution < 1.29 is 44.2 Å². The van der Waals surface area contributed by atoms with Crippen LogP contribution in [0.5, 0.6) is 23.0 Å². The SMILES string of the molecule is O=S(=O)(NCc1ccc2c(c1)OCO2)c1ccc(S(=O)(=O)c2ccc(S(=O)(=O)NCc3ccc4c(c3)OCO4)cc2)cc1. The van der Waals surface area contributed by atoms with Crippen LogP contribution in [0, 0.1) is 0 Å². The van der Waals surface area contributed by atoms with Crippen LogP contribution in [-0.2, 0) is 43.0 Å². The summed E-state index contributed by atoms with van der Waals surface area (Å²) in [4.78, 5) is -0.554. The molecule has 0 unspecified atom stereocenters. The molecule has 224 valence electrons. The molecule has 43 heavy (non-hydrogen) atoms. The molecule has 0 saturated carbocycles. The fourth-order valence-corrected chi connectivity index (χ4v) is 7.65. The average molecular weight is 645 g/mol. The molecule has 0 aliphatic carbocycles. The van der Waals surface area contributed by atoms with Gasteiger partial charge in [0.1, 0.15) is 0 Å². The van der Waals surface area contributed by atoms with Gasteiger partial charge < -0.3 is 18.9 Å². The van der Waals surface area contributed by atoms with Crippen LogP contribution in [0.1, 0.15) is 11.1 Å².